The molecule has 2 amide bonds. The minimum atomic E-state index is -0.188. The molecule has 1 aromatic rings. The Bertz CT molecular complexity index is 597. The molecule has 0 atom stereocenters. The highest BCUT2D eigenvalue weighted by molar-refractivity contribution is 5.96. The second kappa shape index (κ2) is 7.46. The van der Waals surface area contributed by atoms with Crippen LogP contribution < -0.4 is 5.73 Å². The quantitative estimate of drug-likeness (QED) is 0.822. The Morgan fingerprint density at radius 3 is 2.43 bits per heavy atom. The van der Waals surface area contributed by atoms with Gasteiger partial charge in [-0.05, 0) is 30.7 Å². The third-order valence-electron chi connectivity index (χ3n) is 3.02. The molecule has 2 N–H and O–H groups in total. The summed E-state index contributed by atoms with van der Waals surface area (Å²) in [7, 11) is 4.94. The molecule has 0 saturated carbocycles. The minimum Gasteiger partial charge on any atom is -0.347 e. The first-order chi connectivity index (χ1) is 9.86. The van der Waals surface area contributed by atoms with Crippen LogP contribution in [0.4, 0.5) is 0 Å². The minimum absolute atomic E-state index is 0.0552. The van der Waals surface area contributed by atoms with Gasteiger partial charge in [-0.1, -0.05) is 11.8 Å². The van der Waals surface area contributed by atoms with Crippen LogP contribution in [0.15, 0.2) is 18.2 Å². The van der Waals surface area contributed by atoms with Crippen molar-refractivity contribution in [2.75, 3.05) is 34.2 Å². The molecule has 0 aliphatic carbocycles. The molecular formula is C16H21N3O2. The molecule has 0 bridgehead atoms. The Labute approximate surface area is 125 Å². The molecule has 0 saturated heterocycles. The van der Waals surface area contributed by atoms with Crippen molar-refractivity contribution >= 4 is 11.8 Å². The summed E-state index contributed by atoms with van der Waals surface area (Å²) in [4.78, 5) is 26.8. The predicted octanol–water partition coefficient (Wildman–Crippen LogP) is 0.465. The Morgan fingerprint density at radius 2 is 1.90 bits per heavy atom. The molecule has 0 radical (unpaired) electrons. The first kappa shape index (κ1) is 16.7. The maximum Gasteiger partial charge on any atom is 0.254 e. The summed E-state index contributed by atoms with van der Waals surface area (Å²) in [6, 6.07) is 5.29. The van der Waals surface area contributed by atoms with Crippen molar-refractivity contribution in [1.29, 1.82) is 0 Å². The van der Waals surface area contributed by atoms with Gasteiger partial charge >= 0.3 is 0 Å². The number of aryl methyl sites for hydroxylation is 1. The van der Waals surface area contributed by atoms with Gasteiger partial charge in [0.2, 0.25) is 5.91 Å². The van der Waals surface area contributed by atoms with Gasteiger partial charge in [-0.15, -0.1) is 0 Å². The lowest BCUT2D eigenvalue weighted by molar-refractivity contribution is -0.129. The van der Waals surface area contributed by atoms with E-state index in [9.17, 15) is 9.59 Å². The number of hydrogen-bond donors (Lipinski definition) is 1. The molecule has 0 unspecified atom stereocenters. The Morgan fingerprint density at radius 1 is 1.24 bits per heavy atom. The molecule has 0 heterocycles. The zero-order chi connectivity index (χ0) is 16.0. The average Bonchev–Trinajstić information content (AvgIpc) is 2.44. The van der Waals surface area contributed by atoms with Crippen LogP contribution in [0.25, 0.3) is 0 Å². The van der Waals surface area contributed by atoms with E-state index in [-0.39, 0.29) is 18.4 Å². The summed E-state index contributed by atoms with van der Waals surface area (Å²) in [5.41, 5.74) is 7.65. The fourth-order valence-electron chi connectivity index (χ4n) is 1.72. The van der Waals surface area contributed by atoms with Crippen molar-refractivity contribution in [3.05, 3.63) is 34.9 Å². The second-order valence-electron chi connectivity index (χ2n) is 4.98. The van der Waals surface area contributed by atoms with Crippen LogP contribution in [0.1, 0.15) is 21.5 Å². The first-order valence-electron chi connectivity index (χ1n) is 6.62. The summed E-state index contributed by atoms with van der Waals surface area (Å²) in [5, 5.41) is 0. The Balaban J connectivity index is 2.88. The van der Waals surface area contributed by atoms with Crippen LogP contribution in [-0.4, -0.2) is 55.8 Å². The molecule has 0 spiro atoms. The molecule has 112 valence electrons. The molecule has 0 aliphatic heterocycles. The molecule has 1 aromatic carbocycles. The number of carbonyl (C=O) groups is 2. The molecule has 0 fully saturated rings. The van der Waals surface area contributed by atoms with Gasteiger partial charge in [-0.2, -0.15) is 0 Å². The van der Waals surface area contributed by atoms with E-state index in [1.807, 2.05) is 6.92 Å². The van der Waals surface area contributed by atoms with Gasteiger partial charge in [0.1, 0.15) is 0 Å². The van der Waals surface area contributed by atoms with Gasteiger partial charge in [-0.3, -0.25) is 9.59 Å². The molecule has 0 aliphatic rings. The smallest absolute Gasteiger partial charge is 0.254 e. The van der Waals surface area contributed by atoms with Crippen molar-refractivity contribution in [3.63, 3.8) is 0 Å². The van der Waals surface area contributed by atoms with E-state index < -0.39 is 0 Å². The van der Waals surface area contributed by atoms with Gasteiger partial charge in [0, 0.05) is 32.3 Å². The molecule has 21 heavy (non-hydrogen) atoms. The Kier molecular flexibility index (Phi) is 5.94. The number of carbonyl (C=O) groups excluding carboxylic acids is 2. The summed E-state index contributed by atoms with van der Waals surface area (Å²) >= 11 is 0. The van der Waals surface area contributed by atoms with Gasteiger partial charge in [-0.25, -0.2) is 0 Å². The highest BCUT2D eigenvalue weighted by Crippen LogP contribution is 2.12. The van der Waals surface area contributed by atoms with E-state index in [0.717, 1.165) is 11.1 Å². The van der Waals surface area contributed by atoms with Gasteiger partial charge in [0.05, 0.1) is 13.1 Å². The highest BCUT2D eigenvalue weighted by Gasteiger charge is 2.16. The molecule has 5 nitrogen and oxygen atoms in total. The highest BCUT2D eigenvalue weighted by atomic mass is 16.2. The van der Waals surface area contributed by atoms with Gasteiger partial charge in [0.15, 0.2) is 0 Å². The molecular weight excluding hydrogens is 266 g/mol. The number of hydrogen-bond acceptors (Lipinski definition) is 3. The molecule has 0 aromatic heterocycles. The summed E-state index contributed by atoms with van der Waals surface area (Å²) in [6.45, 7) is 2.25. The number of nitrogens with two attached hydrogens (primary N) is 1. The lowest BCUT2D eigenvalue weighted by atomic mass is 10.0. The van der Waals surface area contributed by atoms with Crippen LogP contribution in [0.5, 0.6) is 0 Å². The van der Waals surface area contributed by atoms with E-state index in [4.69, 9.17) is 5.73 Å². The van der Waals surface area contributed by atoms with E-state index in [0.29, 0.717) is 12.1 Å². The third kappa shape index (κ3) is 4.62. The zero-order valence-corrected chi connectivity index (χ0v) is 12.9. The van der Waals surface area contributed by atoms with Crippen molar-refractivity contribution in [2.24, 2.45) is 5.73 Å². The zero-order valence-electron chi connectivity index (χ0n) is 12.9. The van der Waals surface area contributed by atoms with Crippen molar-refractivity contribution < 1.29 is 9.59 Å². The standard InChI is InChI=1S/C16H21N3O2/c1-12-10-14(8-7-13(12)6-5-9-17)16(21)19(4)11-15(20)18(2)3/h7-8,10H,9,11,17H2,1-4H3. The van der Waals surface area contributed by atoms with Crippen molar-refractivity contribution in [2.45, 2.75) is 6.92 Å². The Hall–Kier alpha value is -2.32. The lowest BCUT2D eigenvalue weighted by Crippen LogP contribution is -2.37. The van der Waals surface area contributed by atoms with E-state index in [2.05, 4.69) is 11.8 Å². The lowest BCUT2D eigenvalue weighted by Gasteiger charge is -2.19. The van der Waals surface area contributed by atoms with Crippen LogP contribution in [0, 0.1) is 18.8 Å². The van der Waals surface area contributed by atoms with Crippen LogP contribution in [0.2, 0.25) is 0 Å². The van der Waals surface area contributed by atoms with Crippen LogP contribution in [0.3, 0.4) is 0 Å². The van der Waals surface area contributed by atoms with Gasteiger partial charge < -0.3 is 15.5 Å². The molecule has 5 heteroatoms. The monoisotopic (exact) mass is 287 g/mol. The topological polar surface area (TPSA) is 66.6 Å². The van der Waals surface area contributed by atoms with E-state index in [1.54, 1.807) is 39.3 Å². The summed E-state index contributed by atoms with van der Waals surface area (Å²) in [6.07, 6.45) is 0. The van der Waals surface area contributed by atoms with Crippen LogP contribution >= 0.6 is 0 Å². The predicted molar refractivity (Wildman–Crippen MR) is 82.8 cm³/mol. The van der Waals surface area contributed by atoms with Crippen molar-refractivity contribution in [1.82, 2.24) is 9.80 Å². The van der Waals surface area contributed by atoms with E-state index in [1.165, 1.54) is 9.80 Å². The van der Waals surface area contributed by atoms with Gasteiger partial charge in [0.25, 0.3) is 5.91 Å². The first-order valence-corrected chi connectivity index (χ1v) is 6.62. The average molecular weight is 287 g/mol. The fraction of sp³-hybridized carbons (Fsp3) is 0.375. The normalized spacial score (nSPS) is 9.57. The maximum atomic E-state index is 12.3. The SMILES string of the molecule is Cc1cc(C(=O)N(C)CC(=O)N(C)C)ccc1C#CCN. The number of rotatable bonds is 3. The summed E-state index contributed by atoms with van der Waals surface area (Å²) < 4.78 is 0. The number of benzene rings is 1. The van der Waals surface area contributed by atoms with E-state index >= 15 is 0 Å². The summed E-state index contributed by atoms with van der Waals surface area (Å²) in [5.74, 6) is 5.44. The number of likely N-dealkylation sites (N-methyl/N-ethyl adjacent to an activating group) is 2. The van der Waals surface area contributed by atoms with Crippen molar-refractivity contribution in [3.8, 4) is 11.8 Å². The maximum absolute atomic E-state index is 12.3. The number of amides is 2. The van der Waals surface area contributed by atoms with Crippen LogP contribution in [-0.2, 0) is 4.79 Å². The third-order valence-corrected chi connectivity index (χ3v) is 3.02. The number of nitrogens with zero attached hydrogens (tertiary/aromatic N) is 2. The molecule has 1 rings (SSSR count). The largest absolute Gasteiger partial charge is 0.347 e. The fourth-order valence-corrected chi connectivity index (χ4v) is 1.72. The second-order valence-corrected chi connectivity index (χ2v) is 4.98.